The second-order valence-corrected chi connectivity index (χ2v) is 8.69. The first kappa shape index (κ1) is 30.0. The number of aliphatic carboxylic acids is 1. The summed E-state index contributed by atoms with van der Waals surface area (Å²) in [6.45, 7) is 7.97. The maximum Gasteiger partial charge on any atom is 0.303 e. The molecule has 0 saturated heterocycles. The summed E-state index contributed by atoms with van der Waals surface area (Å²) in [7, 11) is 0. The lowest BCUT2D eigenvalue weighted by molar-refractivity contribution is -0.137. The van der Waals surface area contributed by atoms with E-state index in [1.807, 2.05) is 0 Å². The van der Waals surface area contributed by atoms with E-state index in [4.69, 9.17) is 10.2 Å². The molecule has 0 amide bonds. The standard InChI is InChI=1S/C29H48O3/c1-4-6-8-9-10-13-17-23-28(24-19-25-29(31)32)27(21-15-7-5-2)22-18-14-11-12-16-20-26(3)30/h10-11,13-14,17-18,22-23,27-28,30H,3-9,12,15-16,19-21,24-25H2,1-2H3,(H,31,32)/b13-10+,14-11+,22-18+,23-17+/t27-,28-/m0/s1. The molecule has 0 unspecified atom stereocenters. The highest BCUT2D eigenvalue weighted by Crippen LogP contribution is 2.27. The van der Waals surface area contributed by atoms with Gasteiger partial charge in [0.2, 0.25) is 0 Å². The summed E-state index contributed by atoms with van der Waals surface area (Å²) in [6, 6.07) is 0. The summed E-state index contributed by atoms with van der Waals surface area (Å²) >= 11 is 0. The second-order valence-electron chi connectivity index (χ2n) is 8.69. The van der Waals surface area contributed by atoms with E-state index in [0.717, 1.165) is 32.1 Å². The van der Waals surface area contributed by atoms with E-state index >= 15 is 0 Å². The molecule has 2 N–H and O–H groups in total. The third-order valence-electron chi connectivity index (χ3n) is 5.64. The van der Waals surface area contributed by atoms with Crippen molar-refractivity contribution in [3.8, 4) is 0 Å². The van der Waals surface area contributed by atoms with Gasteiger partial charge in [-0.1, -0.05) is 101 Å². The summed E-state index contributed by atoms with van der Waals surface area (Å²) in [5.41, 5.74) is 0. The van der Waals surface area contributed by atoms with Gasteiger partial charge in [-0.25, -0.2) is 0 Å². The molecule has 0 saturated carbocycles. The molecule has 3 nitrogen and oxygen atoms in total. The first-order valence-electron chi connectivity index (χ1n) is 12.8. The van der Waals surface area contributed by atoms with Crippen molar-refractivity contribution in [2.24, 2.45) is 11.8 Å². The molecule has 32 heavy (non-hydrogen) atoms. The fourth-order valence-corrected chi connectivity index (χ4v) is 3.72. The van der Waals surface area contributed by atoms with Crippen LogP contribution in [0, 0.1) is 11.8 Å². The van der Waals surface area contributed by atoms with E-state index in [0.29, 0.717) is 24.7 Å². The monoisotopic (exact) mass is 444 g/mol. The number of aliphatic hydroxyl groups is 1. The van der Waals surface area contributed by atoms with Crippen LogP contribution >= 0.6 is 0 Å². The number of carbonyl (C=O) groups is 1. The molecule has 0 fully saturated rings. The van der Waals surface area contributed by atoms with E-state index in [1.54, 1.807) is 0 Å². The number of rotatable bonds is 21. The molecule has 0 heterocycles. The predicted octanol–water partition coefficient (Wildman–Crippen LogP) is 9.10. The van der Waals surface area contributed by atoms with Crippen molar-refractivity contribution in [2.75, 3.05) is 0 Å². The highest BCUT2D eigenvalue weighted by Gasteiger charge is 2.16. The van der Waals surface area contributed by atoms with Crippen LogP contribution in [0.1, 0.15) is 104 Å². The minimum atomic E-state index is -0.713. The van der Waals surface area contributed by atoms with E-state index in [1.165, 1.54) is 38.5 Å². The van der Waals surface area contributed by atoms with E-state index in [2.05, 4.69) is 69.0 Å². The van der Waals surface area contributed by atoms with Gasteiger partial charge in [-0.2, -0.15) is 0 Å². The fourth-order valence-electron chi connectivity index (χ4n) is 3.72. The molecular formula is C29H48O3. The zero-order chi connectivity index (χ0) is 23.9. The van der Waals surface area contributed by atoms with Crippen LogP contribution < -0.4 is 0 Å². The number of allylic oxidation sites excluding steroid dienone is 9. The normalized spacial score (nSPS) is 14.2. The first-order valence-corrected chi connectivity index (χ1v) is 12.8. The Balaban J connectivity index is 5.06. The van der Waals surface area contributed by atoms with Gasteiger partial charge in [0.1, 0.15) is 0 Å². The number of hydrogen-bond acceptors (Lipinski definition) is 2. The van der Waals surface area contributed by atoms with Gasteiger partial charge in [-0.3, -0.25) is 4.79 Å². The summed E-state index contributed by atoms with van der Waals surface area (Å²) in [6.07, 6.45) is 31.5. The number of aliphatic hydroxyl groups excluding tert-OH is 1. The minimum absolute atomic E-state index is 0.235. The Morgan fingerprint density at radius 1 is 0.719 bits per heavy atom. The molecule has 0 aliphatic rings. The van der Waals surface area contributed by atoms with Crippen molar-refractivity contribution in [2.45, 2.75) is 104 Å². The van der Waals surface area contributed by atoms with Crippen LogP contribution in [0.5, 0.6) is 0 Å². The largest absolute Gasteiger partial charge is 0.513 e. The summed E-state index contributed by atoms with van der Waals surface area (Å²) in [5.74, 6) is 0.311. The fraction of sp³-hybridized carbons (Fsp3) is 0.621. The van der Waals surface area contributed by atoms with Gasteiger partial charge >= 0.3 is 5.97 Å². The van der Waals surface area contributed by atoms with Gasteiger partial charge < -0.3 is 10.2 Å². The number of carboxylic acid groups (broad SMARTS) is 1. The lowest BCUT2D eigenvalue weighted by atomic mass is 9.83. The number of carboxylic acids is 1. The summed E-state index contributed by atoms with van der Waals surface area (Å²) in [5, 5.41) is 18.2. The molecule has 3 heteroatoms. The van der Waals surface area contributed by atoms with Gasteiger partial charge in [0.05, 0.1) is 5.76 Å². The van der Waals surface area contributed by atoms with Crippen LogP contribution in [0.25, 0.3) is 0 Å². The van der Waals surface area contributed by atoms with Gasteiger partial charge in [0.25, 0.3) is 0 Å². The Morgan fingerprint density at radius 2 is 1.25 bits per heavy atom. The lowest BCUT2D eigenvalue weighted by Gasteiger charge is -2.22. The van der Waals surface area contributed by atoms with Crippen LogP contribution in [0.15, 0.2) is 60.9 Å². The van der Waals surface area contributed by atoms with Gasteiger partial charge in [0, 0.05) is 12.8 Å². The Kier molecular flexibility index (Phi) is 20.8. The molecular weight excluding hydrogens is 396 g/mol. The molecule has 0 bridgehead atoms. The average Bonchev–Trinajstić information content (AvgIpc) is 2.75. The molecule has 2 atom stereocenters. The highest BCUT2D eigenvalue weighted by molar-refractivity contribution is 5.66. The number of hydrogen-bond donors (Lipinski definition) is 2. The Hall–Kier alpha value is -2.03. The minimum Gasteiger partial charge on any atom is -0.513 e. The van der Waals surface area contributed by atoms with E-state index in [9.17, 15) is 4.79 Å². The Labute approximate surface area is 197 Å². The van der Waals surface area contributed by atoms with Gasteiger partial charge in [0.15, 0.2) is 0 Å². The SMILES string of the molecule is C=C(O)CCC/C=C/C=C/[C@H](CCCCC)[C@@H](/C=C/C=C/CCCCC)CCCC(=O)O. The first-order chi connectivity index (χ1) is 15.5. The zero-order valence-corrected chi connectivity index (χ0v) is 20.7. The van der Waals surface area contributed by atoms with E-state index < -0.39 is 5.97 Å². The molecule has 0 rings (SSSR count). The maximum atomic E-state index is 11.0. The third-order valence-corrected chi connectivity index (χ3v) is 5.64. The van der Waals surface area contributed by atoms with Crippen molar-refractivity contribution in [1.82, 2.24) is 0 Å². The Morgan fingerprint density at radius 3 is 1.78 bits per heavy atom. The molecule has 0 aromatic rings. The Bertz CT molecular complexity index is 583. The second kappa shape index (κ2) is 22.2. The smallest absolute Gasteiger partial charge is 0.303 e. The van der Waals surface area contributed by atoms with Crippen molar-refractivity contribution < 1.29 is 15.0 Å². The molecule has 0 aliphatic heterocycles. The summed E-state index contributed by atoms with van der Waals surface area (Å²) < 4.78 is 0. The van der Waals surface area contributed by atoms with Crippen molar-refractivity contribution in [1.29, 1.82) is 0 Å². The van der Waals surface area contributed by atoms with Crippen LogP contribution in [-0.2, 0) is 4.79 Å². The molecule has 0 radical (unpaired) electrons. The van der Waals surface area contributed by atoms with Crippen LogP contribution in [0.4, 0.5) is 0 Å². The molecule has 0 aromatic carbocycles. The van der Waals surface area contributed by atoms with Crippen LogP contribution in [0.2, 0.25) is 0 Å². The summed E-state index contributed by atoms with van der Waals surface area (Å²) in [4.78, 5) is 11.0. The number of unbranched alkanes of at least 4 members (excludes halogenated alkanes) is 6. The average molecular weight is 445 g/mol. The highest BCUT2D eigenvalue weighted by atomic mass is 16.4. The van der Waals surface area contributed by atoms with E-state index in [-0.39, 0.29) is 12.2 Å². The third kappa shape index (κ3) is 19.9. The quantitative estimate of drug-likeness (QED) is 0.105. The van der Waals surface area contributed by atoms with Gasteiger partial charge in [-0.05, 0) is 56.8 Å². The predicted molar refractivity (Wildman–Crippen MR) is 139 cm³/mol. The lowest BCUT2D eigenvalue weighted by Crippen LogP contribution is -2.12. The van der Waals surface area contributed by atoms with Crippen molar-refractivity contribution in [3.05, 3.63) is 60.9 Å². The zero-order valence-electron chi connectivity index (χ0n) is 20.7. The van der Waals surface area contributed by atoms with Crippen molar-refractivity contribution >= 4 is 5.97 Å². The maximum absolute atomic E-state index is 11.0. The molecule has 182 valence electrons. The topological polar surface area (TPSA) is 57.5 Å². The van der Waals surface area contributed by atoms with Crippen LogP contribution in [-0.4, -0.2) is 16.2 Å². The van der Waals surface area contributed by atoms with Gasteiger partial charge in [-0.15, -0.1) is 0 Å². The molecule has 0 spiro atoms. The molecule has 0 aliphatic carbocycles. The van der Waals surface area contributed by atoms with Crippen molar-refractivity contribution in [3.63, 3.8) is 0 Å². The molecule has 0 aromatic heterocycles. The van der Waals surface area contributed by atoms with Crippen LogP contribution in [0.3, 0.4) is 0 Å².